The SMILES string of the molecule is COCCc1noc(-c2cc(C(C)(C)C)c(O)c(C(C)(C)C)c2)n1. The molecule has 0 radical (unpaired) electrons. The van der Waals surface area contributed by atoms with Crippen LogP contribution in [-0.2, 0) is 22.0 Å². The van der Waals surface area contributed by atoms with Crippen molar-refractivity contribution in [2.75, 3.05) is 13.7 Å². The molecule has 5 nitrogen and oxygen atoms in total. The summed E-state index contributed by atoms with van der Waals surface area (Å²) < 4.78 is 10.5. The minimum absolute atomic E-state index is 0.195. The molecule has 1 heterocycles. The minimum atomic E-state index is -0.195. The Hall–Kier alpha value is -1.88. The number of phenols is 1. The lowest BCUT2D eigenvalue weighted by Gasteiger charge is -2.27. The minimum Gasteiger partial charge on any atom is -0.507 e. The van der Waals surface area contributed by atoms with Crippen LogP contribution in [0, 0.1) is 0 Å². The summed E-state index contributed by atoms with van der Waals surface area (Å²) in [6.07, 6.45) is 0.607. The summed E-state index contributed by atoms with van der Waals surface area (Å²) in [7, 11) is 1.65. The number of hydrogen-bond donors (Lipinski definition) is 1. The monoisotopic (exact) mass is 332 g/mol. The number of phenolic OH excluding ortho intramolecular Hbond substituents is 1. The Morgan fingerprint density at radius 1 is 1.04 bits per heavy atom. The fourth-order valence-corrected chi connectivity index (χ4v) is 2.57. The lowest BCUT2D eigenvalue weighted by Crippen LogP contribution is -2.17. The van der Waals surface area contributed by atoms with E-state index in [0.717, 1.165) is 16.7 Å². The van der Waals surface area contributed by atoms with Gasteiger partial charge in [0.25, 0.3) is 5.89 Å². The summed E-state index contributed by atoms with van der Waals surface area (Å²) in [6, 6.07) is 3.89. The molecule has 0 aliphatic carbocycles. The quantitative estimate of drug-likeness (QED) is 0.907. The highest BCUT2D eigenvalue weighted by molar-refractivity contribution is 5.62. The number of nitrogens with zero attached hydrogens (tertiary/aromatic N) is 2. The Kier molecular flexibility index (Phi) is 5.04. The molecule has 5 heteroatoms. The van der Waals surface area contributed by atoms with E-state index in [4.69, 9.17) is 9.26 Å². The Bertz CT molecular complexity index is 671. The van der Waals surface area contributed by atoms with Gasteiger partial charge in [-0.2, -0.15) is 4.98 Å². The van der Waals surface area contributed by atoms with Gasteiger partial charge in [-0.05, 0) is 23.0 Å². The summed E-state index contributed by atoms with van der Waals surface area (Å²) in [5.74, 6) is 1.43. The number of ether oxygens (including phenoxy) is 1. The molecule has 1 aromatic carbocycles. The molecule has 2 aromatic rings. The summed E-state index contributed by atoms with van der Waals surface area (Å²) in [5.41, 5.74) is 2.19. The molecule has 0 fully saturated rings. The van der Waals surface area contributed by atoms with Crippen molar-refractivity contribution >= 4 is 0 Å². The standard InChI is InChI=1S/C19H28N2O3/c1-18(2,3)13-10-12(11-14(16(13)22)19(4,5)6)17-20-15(21-24-17)8-9-23-7/h10-11,22H,8-9H2,1-7H3. The predicted octanol–water partition coefficient (Wildman–Crippen LogP) is 4.23. The lowest BCUT2D eigenvalue weighted by molar-refractivity contribution is 0.199. The van der Waals surface area contributed by atoms with E-state index >= 15 is 0 Å². The van der Waals surface area contributed by atoms with Crippen LogP contribution in [-0.4, -0.2) is 29.0 Å². The third-order valence-corrected chi connectivity index (χ3v) is 3.97. The van der Waals surface area contributed by atoms with Crippen LogP contribution >= 0.6 is 0 Å². The van der Waals surface area contributed by atoms with Gasteiger partial charge in [-0.15, -0.1) is 0 Å². The Morgan fingerprint density at radius 3 is 2.04 bits per heavy atom. The first-order chi connectivity index (χ1) is 11.0. The van der Waals surface area contributed by atoms with Crippen LogP contribution in [0.2, 0.25) is 0 Å². The zero-order valence-corrected chi connectivity index (χ0v) is 15.7. The Morgan fingerprint density at radius 2 is 1.58 bits per heavy atom. The highest BCUT2D eigenvalue weighted by Gasteiger charge is 2.27. The molecule has 0 bridgehead atoms. The molecule has 132 valence electrons. The smallest absolute Gasteiger partial charge is 0.257 e. The Labute approximate surface area is 144 Å². The van der Waals surface area contributed by atoms with Gasteiger partial charge in [-0.1, -0.05) is 46.7 Å². The van der Waals surface area contributed by atoms with E-state index in [0.29, 0.717) is 30.5 Å². The van der Waals surface area contributed by atoms with Crippen LogP contribution in [0.25, 0.3) is 11.5 Å². The average molecular weight is 332 g/mol. The third-order valence-electron chi connectivity index (χ3n) is 3.97. The maximum absolute atomic E-state index is 10.8. The normalized spacial score (nSPS) is 12.6. The molecule has 0 amide bonds. The summed E-state index contributed by atoms with van der Waals surface area (Å²) in [5, 5.41) is 14.8. The molecular weight excluding hydrogens is 304 g/mol. The van der Waals surface area contributed by atoms with Crippen molar-refractivity contribution in [3.63, 3.8) is 0 Å². The number of aromatic hydroxyl groups is 1. The van der Waals surface area contributed by atoms with Gasteiger partial charge in [-0.3, -0.25) is 0 Å². The van der Waals surface area contributed by atoms with Gasteiger partial charge < -0.3 is 14.4 Å². The van der Waals surface area contributed by atoms with Gasteiger partial charge in [0.1, 0.15) is 5.75 Å². The van der Waals surface area contributed by atoms with E-state index in [1.54, 1.807) is 7.11 Å². The van der Waals surface area contributed by atoms with Crippen LogP contribution < -0.4 is 0 Å². The zero-order chi connectivity index (χ0) is 18.1. The molecule has 0 spiro atoms. The average Bonchev–Trinajstić information content (AvgIpc) is 2.91. The summed E-state index contributed by atoms with van der Waals surface area (Å²) in [4.78, 5) is 4.45. The molecule has 1 aromatic heterocycles. The second-order valence-corrected chi connectivity index (χ2v) is 8.18. The zero-order valence-electron chi connectivity index (χ0n) is 15.7. The molecule has 0 saturated carbocycles. The lowest BCUT2D eigenvalue weighted by atomic mass is 9.78. The van der Waals surface area contributed by atoms with E-state index in [1.807, 2.05) is 12.1 Å². The molecule has 0 atom stereocenters. The maximum Gasteiger partial charge on any atom is 0.257 e. The van der Waals surface area contributed by atoms with Crippen molar-refractivity contribution in [3.8, 4) is 17.2 Å². The number of hydrogen-bond acceptors (Lipinski definition) is 5. The van der Waals surface area contributed by atoms with Crippen molar-refractivity contribution in [2.24, 2.45) is 0 Å². The van der Waals surface area contributed by atoms with E-state index in [1.165, 1.54) is 0 Å². The van der Waals surface area contributed by atoms with Gasteiger partial charge in [0.2, 0.25) is 0 Å². The second kappa shape index (κ2) is 6.55. The first-order valence-electron chi connectivity index (χ1n) is 8.24. The molecule has 0 aliphatic heterocycles. The first kappa shape index (κ1) is 18.5. The predicted molar refractivity (Wildman–Crippen MR) is 94.4 cm³/mol. The van der Waals surface area contributed by atoms with Crippen LogP contribution in [0.15, 0.2) is 16.7 Å². The van der Waals surface area contributed by atoms with Crippen LogP contribution in [0.4, 0.5) is 0 Å². The number of benzene rings is 1. The highest BCUT2D eigenvalue weighted by Crippen LogP contribution is 2.41. The van der Waals surface area contributed by atoms with Crippen molar-refractivity contribution < 1.29 is 14.4 Å². The van der Waals surface area contributed by atoms with Crippen molar-refractivity contribution in [3.05, 3.63) is 29.1 Å². The maximum atomic E-state index is 10.8. The van der Waals surface area contributed by atoms with Gasteiger partial charge in [0.15, 0.2) is 5.82 Å². The summed E-state index contributed by atoms with van der Waals surface area (Å²) >= 11 is 0. The first-order valence-corrected chi connectivity index (χ1v) is 8.24. The van der Waals surface area contributed by atoms with Crippen LogP contribution in [0.1, 0.15) is 58.5 Å². The largest absolute Gasteiger partial charge is 0.507 e. The molecule has 1 N–H and O–H groups in total. The van der Waals surface area contributed by atoms with Crippen molar-refractivity contribution in [1.82, 2.24) is 10.1 Å². The van der Waals surface area contributed by atoms with E-state index < -0.39 is 0 Å². The van der Waals surface area contributed by atoms with Gasteiger partial charge in [0, 0.05) is 30.2 Å². The summed E-state index contributed by atoms with van der Waals surface area (Å²) in [6.45, 7) is 13.0. The molecule has 24 heavy (non-hydrogen) atoms. The van der Waals surface area contributed by atoms with Gasteiger partial charge in [0.05, 0.1) is 6.61 Å². The molecular formula is C19H28N2O3. The van der Waals surface area contributed by atoms with Crippen molar-refractivity contribution in [2.45, 2.75) is 58.8 Å². The highest BCUT2D eigenvalue weighted by atomic mass is 16.5. The fourth-order valence-electron chi connectivity index (χ4n) is 2.57. The number of methoxy groups -OCH3 is 1. The third kappa shape index (κ3) is 3.96. The van der Waals surface area contributed by atoms with Crippen LogP contribution in [0.3, 0.4) is 0 Å². The van der Waals surface area contributed by atoms with Crippen molar-refractivity contribution in [1.29, 1.82) is 0 Å². The van der Waals surface area contributed by atoms with Gasteiger partial charge >= 0.3 is 0 Å². The molecule has 0 aliphatic rings. The molecule has 2 rings (SSSR count). The molecule has 0 saturated heterocycles. The fraction of sp³-hybridized carbons (Fsp3) is 0.579. The second-order valence-electron chi connectivity index (χ2n) is 8.18. The number of rotatable bonds is 4. The Balaban J connectivity index is 2.56. The molecule has 0 unspecified atom stereocenters. The van der Waals surface area contributed by atoms with E-state index in [9.17, 15) is 5.11 Å². The van der Waals surface area contributed by atoms with Crippen LogP contribution in [0.5, 0.6) is 5.75 Å². The topological polar surface area (TPSA) is 68.4 Å². The van der Waals surface area contributed by atoms with Gasteiger partial charge in [-0.25, -0.2) is 0 Å². The van der Waals surface area contributed by atoms with E-state index in [-0.39, 0.29) is 10.8 Å². The van der Waals surface area contributed by atoms with E-state index in [2.05, 4.69) is 51.7 Å². The number of aromatic nitrogens is 2.